The lowest BCUT2D eigenvalue weighted by Gasteiger charge is -2.33. The van der Waals surface area contributed by atoms with E-state index in [1.807, 2.05) is 41.0 Å². The number of hydrogen-bond donors (Lipinski definition) is 0. The van der Waals surface area contributed by atoms with Crippen molar-refractivity contribution in [1.82, 2.24) is 14.4 Å². The normalized spacial score (nSPS) is 22.1. The lowest BCUT2D eigenvalue weighted by molar-refractivity contribution is 0.0877. The number of amides is 1. The number of allylic oxidation sites excluding steroid dienone is 4. The van der Waals surface area contributed by atoms with Gasteiger partial charge in [-0.1, -0.05) is 18.2 Å². The number of benzene rings is 1. The first kappa shape index (κ1) is 25.3. The second-order valence-electron chi connectivity index (χ2n) is 10.4. The van der Waals surface area contributed by atoms with Gasteiger partial charge in [-0.15, -0.1) is 0 Å². The van der Waals surface area contributed by atoms with Crippen molar-refractivity contribution in [2.24, 2.45) is 5.92 Å². The van der Waals surface area contributed by atoms with Crippen molar-refractivity contribution in [3.05, 3.63) is 88.7 Å². The van der Waals surface area contributed by atoms with E-state index in [0.717, 1.165) is 61.0 Å². The Morgan fingerprint density at radius 1 is 1.05 bits per heavy atom. The fraction of sp³-hybridized carbons (Fsp3) is 0.400. The summed E-state index contributed by atoms with van der Waals surface area (Å²) in [4.78, 5) is 29.2. The van der Waals surface area contributed by atoms with Crippen molar-refractivity contribution < 1.29 is 23.7 Å². The largest absolute Gasteiger partial charge is 0.497 e. The summed E-state index contributed by atoms with van der Waals surface area (Å²) in [6.07, 6.45) is 12.2. The summed E-state index contributed by atoms with van der Waals surface area (Å²) in [5, 5.41) is 1.03. The predicted molar refractivity (Wildman–Crippen MR) is 146 cm³/mol. The van der Waals surface area contributed by atoms with Gasteiger partial charge in [0.05, 0.1) is 19.2 Å². The third kappa shape index (κ3) is 5.45. The molecule has 204 valence electrons. The molecule has 1 atom stereocenters. The molecule has 2 aromatic rings. The van der Waals surface area contributed by atoms with Crippen molar-refractivity contribution >= 4 is 17.0 Å². The van der Waals surface area contributed by atoms with E-state index in [9.17, 15) is 9.59 Å². The van der Waals surface area contributed by atoms with E-state index in [0.29, 0.717) is 37.2 Å². The second kappa shape index (κ2) is 11.0. The number of likely N-dealkylation sites (tertiary alicyclic amines) is 1. The van der Waals surface area contributed by atoms with Crippen LogP contribution in [-0.4, -0.2) is 59.9 Å². The fourth-order valence-corrected chi connectivity index (χ4v) is 5.66. The van der Waals surface area contributed by atoms with Crippen molar-refractivity contribution in [2.45, 2.75) is 38.3 Å². The molecule has 2 saturated heterocycles. The summed E-state index contributed by atoms with van der Waals surface area (Å²) in [7, 11) is 1.64. The maximum Gasteiger partial charge on any atom is 0.417 e. The Bertz CT molecular complexity index is 1430. The molecule has 0 N–H and O–H groups in total. The summed E-state index contributed by atoms with van der Waals surface area (Å²) in [5.41, 5.74) is 1.95. The number of piperidine rings is 1. The smallest absolute Gasteiger partial charge is 0.417 e. The summed E-state index contributed by atoms with van der Waals surface area (Å²) in [5.74, 6) is 2.11. The van der Waals surface area contributed by atoms with Crippen LogP contribution in [0.3, 0.4) is 0 Å². The molecule has 39 heavy (non-hydrogen) atoms. The highest BCUT2D eigenvalue weighted by molar-refractivity contribution is 5.80. The van der Waals surface area contributed by atoms with Gasteiger partial charge in [0.25, 0.3) is 5.56 Å². The molecule has 0 radical (unpaired) electrons. The Kier molecular flexibility index (Phi) is 7.15. The first-order valence-corrected chi connectivity index (χ1v) is 13.6. The van der Waals surface area contributed by atoms with E-state index in [4.69, 9.17) is 18.9 Å². The number of fused-ring (bicyclic) bond motifs is 1. The van der Waals surface area contributed by atoms with E-state index in [2.05, 4.69) is 11.0 Å². The molecule has 0 saturated carbocycles. The van der Waals surface area contributed by atoms with E-state index < -0.39 is 6.09 Å². The topological polar surface area (TPSA) is 82.5 Å². The monoisotopic (exact) mass is 531 g/mol. The molecular formula is C30H33N3O6. The van der Waals surface area contributed by atoms with Gasteiger partial charge in [-0.05, 0) is 73.8 Å². The number of carbonyl (C=O) groups excluding carboxylic acids is 1. The van der Waals surface area contributed by atoms with Crippen LogP contribution in [0.2, 0.25) is 0 Å². The molecule has 3 aliphatic heterocycles. The van der Waals surface area contributed by atoms with Gasteiger partial charge in [0.1, 0.15) is 18.1 Å². The van der Waals surface area contributed by atoms with Crippen LogP contribution in [0, 0.1) is 5.92 Å². The molecule has 4 aliphatic rings. The van der Waals surface area contributed by atoms with Crippen molar-refractivity contribution in [3.63, 3.8) is 0 Å². The van der Waals surface area contributed by atoms with Crippen LogP contribution in [-0.2, 0) is 20.8 Å². The Morgan fingerprint density at radius 3 is 2.69 bits per heavy atom. The number of aromatic nitrogens is 1. The standard InChI is InChI=1S/C30H33N3O6/c1-36-24-9-7-22-8-10-28(34)32(26(22)15-24)16-21-11-13-31(14-12-21)17-25-18-33(30(35)38-25)29-20-37-19-27(39-29)23-5-3-2-4-6-23/h2-3,5,7-10,15,19-21,25H,4,6,11-14,16-18H2,1H3/t25-/m1/s1. The SMILES string of the molecule is COc1ccc2ccc(=O)n(CC3CCN(C[C@@H]4CN(C5=COC=C(C6=CC=CCC6)O5)C(=O)O4)CC3)c2c1. The highest BCUT2D eigenvalue weighted by Crippen LogP contribution is 2.30. The van der Waals surface area contributed by atoms with E-state index >= 15 is 0 Å². The molecule has 2 fully saturated rings. The number of nitrogens with zero attached hydrogens (tertiary/aromatic N) is 3. The Labute approximate surface area is 227 Å². The van der Waals surface area contributed by atoms with Gasteiger partial charge in [-0.25, -0.2) is 9.69 Å². The van der Waals surface area contributed by atoms with Crippen LogP contribution >= 0.6 is 0 Å². The number of cyclic esters (lactones) is 1. The Balaban J connectivity index is 1.03. The molecule has 0 unspecified atom stereocenters. The van der Waals surface area contributed by atoms with Crippen molar-refractivity contribution in [1.29, 1.82) is 0 Å². The molecule has 1 aromatic carbocycles. The van der Waals surface area contributed by atoms with Crippen LogP contribution in [0.25, 0.3) is 10.9 Å². The first-order valence-electron chi connectivity index (χ1n) is 13.6. The maximum absolute atomic E-state index is 12.7. The van der Waals surface area contributed by atoms with Crippen LogP contribution in [0.15, 0.2) is 83.1 Å². The van der Waals surface area contributed by atoms with Crippen LogP contribution in [0.1, 0.15) is 25.7 Å². The van der Waals surface area contributed by atoms with Gasteiger partial charge < -0.3 is 23.5 Å². The predicted octanol–water partition coefficient (Wildman–Crippen LogP) is 4.51. The highest BCUT2D eigenvalue weighted by Gasteiger charge is 2.37. The Hall–Kier alpha value is -3.98. The molecule has 9 heteroatoms. The fourth-order valence-electron chi connectivity index (χ4n) is 5.66. The molecule has 1 aromatic heterocycles. The summed E-state index contributed by atoms with van der Waals surface area (Å²) < 4.78 is 24.5. The average molecular weight is 532 g/mol. The van der Waals surface area contributed by atoms with Crippen LogP contribution in [0.5, 0.6) is 5.75 Å². The van der Waals surface area contributed by atoms with E-state index in [1.165, 1.54) is 11.2 Å². The van der Waals surface area contributed by atoms with Crippen molar-refractivity contribution in [3.8, 4) is 5.75 Å². The maximum atomic E-state index is 12.7. The molecule has 0 spiro atoms. The molecular weight excluding hydrogens is 498 g/mol. The zero-order valence-electron chi connectivity index (χ0n) is 22.1. The van der Waals surface area contributed by atoms with Gasteiger partial charge in [-0.2, -0.15) is 0 Å². The van der Waals surface area contributed by atoms with Gasteiger partial charge >= 0.3 is 6.09 Å². The summed E-state index contributed by atoms with van der Waals surface area (Å²) in [6.45, 7) is 3.52. The van der Waals surface area contributed by atoms with Crippen molar-refractivity contribution in [2.75, 3.05) is 33.3 Å². The quantitative estimate of drug-likeness (QED) is 0.520. The molecule has 1 aliphatic carbocycles. The van der Waals surface area contributed by atoms with Gasteiger partial charge in [0, 0.05) is 25.2 Å². The van der Waals surface area contributed by atoms with Gasteiger partial charge in [0.2, 0.25) is 5.88 Å². The number of hydrogen-bond acceptors (Lipinski definition) is 7. The minimum atomic E-state index is -0.422. The van der Waals surface area contributed by atoms with Gasteiger partial charge in [0.15, 0.2) is 12.0 Å². The molecule has 4 heterocycles. The Morgan fingerprint density at radius 2 is 1.90 bits per heavy atom. The van der Waals surface area contributed by atoms with Crippen LogP contribution < -0.4 is 10.3 Å². The molecule has 1 amide bonds. The molecule has 6 rings (SSSR count). The number of carbonyl (C=O) groups is 1. The number of methoxy groups -OCH3 is 1. The zero-order chi connectivity index (χ0) is 26.8. The minimum absolute atomic E-state index is 0.00797. The summed E-state index contributed by atoms with van der Waals surface area (Å²) in [6, 6.07) is 9.34. The molecule has 0 bridgehead atoms. The molecule has 9 nitrogen and oxygen atoms in total. The average Bonchev–Trinajstić information content (AvgIpc) is 3.35. The highest BCUT2D eigenvalue weighted by atomic mass is 16.6. The number of pyridine rings is 1. The van der Waals surface area contributed by atoms with E-state index in [-0.39, 0.29) is 11.7 Å². The summed E-state index contributed by atoms with van der Waals surface area (Å²) >= 11 is 0. The van der Waals surface area contributed by atoms with Gasteiger partial charge in [-0.3, -0.25) is 9.69 Å². The minimum Gasteiger partial charge on any atom is -0.497 e. The second-order valence-corrected chi connectivity index (χ2v) is 10.4. The third-order valence-electron chi connectivity index (χ3n) is 7.84. The first-order chi connectivity index (χ1) is 19.1. The zero-order valence-corrected chi connectivity index (χ0v) is 22.1. The number of ether oxygens (including phenoxy) is 4. The lowest BCUT2D eigenvalue weighted by atomic mass is 9.96. The lowest BCUT2D eigenvalue weighted by Crippen LogP contribution is -2.41. The number of rotatable bonds is 7. The third-order valence-corrected chi connectivity index (χ3v) is 7.84. The van der Waals surface area contributed by atoms with Crippen LogP contribution in [0.4, 0.5) is 4.79 Å². The van der Waals surface area contributed by atoms with E-state index in [1.54, 1.807) is 19.4 Å².